The average molecular weight is 345 g/mol. The Labute approximate surface area is 151 Å². The van der Waals surface area contributed by atoms with Crippen molar-refractivity contribution in [1.29, 1.82) is 0 Å². The van der Waals surface area contributed by atoms with E-state index >= 15 is 0 Å². The van der Waals surface area contributed by atoms with Crippen LogP contribution in [0.25, 0.3) is 0 Å². The van der Waals surface area contributed by atoms with Gasteiger partial charge in [-0.2, -0.15) is 0 Å². The molecule has 1 amide bonds. The van der Waals surface area contributed by atoms with Crippen LogP contribution in [-0.2, 0) is 16.1 Å². The number of hydrogen-bond acceptors (Lipinski definition) is 2. The van der Waals surface area contributed by atoms with Gasteiger partial charge in [0.25, 0.3) is 0 Å². The predicted molar refractivity (Wildman–Crippen MR) is 99.1 cm³/mol. The van der Waals surface area contributed by atoms with Gasteiger partial charge in [0.15, 0.2) is 0 Å². The number of aliphatic carboxylic acids is 1. The lowest BCUT2D eigenvalue weighted by atomic mass is 9.88. The Morgan fingerprint density at radius 1 is 0.840 bits per heavy atom. The van der Waals surface area contributed by atoms with Crippen molar-refractivity contribution in [2.75, 3.05) is 0 Å². The van der Waals surface area contributed by atoms with Crippen LogP contribution in [0.15, 0.2) is 30.3 Å². The van der Waals surface area contributed by atoms with Crippen molar-refractivity contribution in [2.45, 2.75) is 70.8 Å². The SMILES string of the molecule is O=C(NCc1ccccc1)C1CCCCC1.O=C(O)C1CCCCC1. The number of nitrogens with one attached hydrogen (secondary N) is 1. The van der Waals surface area contributed by atoms with E-state index in [1.807, 2.05) is 30.3 Å². The van der Waals surface area contributed by atoms with E-state index in [2.05, 4.69) is 5.32 Å². The highest BCUT2D eigenvalue weighted by Gasteiger charge is 2.20. The van der Waals surface area contributed by atoms with Gasteiger partial charge in [-0.25, -0.2) is 0 Å². The third-order valence-electron chi connectivity index (χ3n) is 5.24. The lowest BCUT2D eigenvalue weighted by Gasteiger charge is -2.20. The van der Waals surface area contributed by atoms with E-state index in [9.17, 15) is 9.59 Å². The molecular formula is C21H31NO3. The number of carboxylic acids is 1. The van der Waals surface area contributed by atoms with Crippen LogP contribution in [0.5, 0.6) is 0 Å². The first kappa shape index (κ1) is 19.5. The highest BCUT2D eigenvalue weighted by molar-refractivity contribution is 5.78. The normalized spacial score (nSPS) is 18.7. The number of carboxylic acid groups (broad SMARTS) is 1. The molecule has 4 nitrogen and oxygen atoms in total. The van der Waals surface area contributed by atoms with Crippen molar-refractivity contribution in [3.63, 3.8) is 0 Å². The van der Waals surface area contributed by atoms with Crippen molar-refractivity contribution >= 4 is 11.9 Å². The monoisotopic (exact) mass is 345 g/mol. The van der Waals surface area contributed by atoms with E-state index in [1.54, 1.807) is 0 Å². The van der Waals surface area contributed by atoms with Crippen molar-refractivity contribution < 1.29 is 14.7 Å². The second-order valence-corrected chi connectivity index (χ2v) is 7.21. The number of carbonyl (C=O) groups is 2. The average Bonchev–Trinajstić information content (AvgIpc) is 2.69. The van der Waals surface area contributed by atoms with Crippen LogP contribution in [0, 0.1) is 11.8 Å². The molecule has 3 rings (SSSR count). The molecule has 2 N–H and O–H groups in total. The molecule has 2 saturated carbocycles. The Morgan fingerprint density at radius 2 is 1.36 bits per heavy atom. The molecule has 2 fully saturated rings. The van der Waals surface area contributed by atoms with E-state index in [1.165, 1.54) is 31.2 Å². The van der Waals surface area contributed by atoms with E-state index in [0.29, 0.717) is 6.54 Å². The summed E-state index contributed by atoms with van der Waals surface area (Å²) in [7, 11) is 0. The summed E-state index contributed by atoms with van der Waals surface area (Å²) in [6.07, 6.45) is 11.1. The topological polar surface area (TPSA) is 66.4 Å². The second-order valence-electron chi connectivity index (χ2n) is 7.21. The molecule has 0 bridgehead atoms. The zero-order valence-electron chi connectivity index (χ0n) is 15.1. The Bertz CT molecular complexity index is 517. The molecular weight excluding hydrogens is 314 g/mol. The van der Waals surface area contributed by atoms with Gasteiger partial charge < -0.3 is 10.4 Å². The summed E-state index contributed by atoms with van der Waals surface area (Å²) in [6, 6.07) is 10.1. The Kier molecular flexibility index (Phi) is 8.50. The fourth-order valence-corrected chi connectivity index (χ4v) is 3.64. The number of carbonyl (C=O) groups excluding carboxylic acids is 1. The summed E-state index contributed by atoms with van der Waals surface area (Å²) in [5, 5.41) is 11.6. The van der Waals surface area contributed by atoms with Crippen molar-refractivity contribution in [3.05, 3.63) is 35.9 Å². The molecule has 0 saturated heterocycles. The number of hydrogen-bond donors (Lipinski definition) is 2. The third-order valence-corrected chi connectivity index (χ3v) is 5.24. The largest absolute Gasteiger partial charge is 0.481 e. The van der Waals surface area contributed by atoms with Gasteiger partial charge in [-0.1, -0.05) is 68.9 Å². The first-order chi connectivity index (χ1) is 12.2. The van der Waals surface area contributed by atoms with E-state index < -0.39 is 5.97 Å². The first-order valence-corrected chi connectivity index (χ1v) is 9.71. The highest BCUT2D eigenvalue weighted by atomic mass is 16.4. The fraction of sp³-hybridized carbons (Fsp3) is 0.619. The Hall–Kier alpha value is -1.84. The maximum absolute atomic E-state index is 11.9. The van der Waals surface area contributed by atoms with Gasteiger partial charge in [0, 0.05) is 12.5 Å². The minimum Gasteiger partial charge on any atom is -0.481 e. The van der Waals surface area contributed by atoms with Crippen LogP contribution in [0.1, 0.15) is 69.8 Å². The maximum Gasteiger partial charge on any atom is 0.306 e. The molecule has 0 atom stereocenters. The van der Waals surface area contributed by atoms with Crippen LogP contribution < -0.4 is 5.32 Å². The summed E-state index contributed by atoms with van der Waals surface area (Å²) >= 11 is 0. The summed E-state index contributed by atoms with van der Waals surface area (Å²) in [5.41, 5.74) is 1.17. The number of rotatable bonds is 4. The molecule has 1 aromatic rings. The molecule has 0 spiro atoms. The summed E-state index contributed by atoms with van der Waals surface area (Å²) < 4.78 is 0. The molecule has 0 heterocycles. The van der Waals surface area contributed by atoms with Crippen LogP contribution in [0.4, 0.5) is 0 Å². The van der Waals surface area contributed by atoms with Gasteiger partial charge in [-0.3, -0.25) is 9.59 Å². The molecule has 0 aromatic heterocycles. The lowest BCUT2D eigenvalue weighted by molar-refractivity contribution is -0.142. The van der Waals surface area contributed by atoms with Crippen LogP contribution in [0.3, 0.4) is 0 Å². The molecule has 25 heavy (non-hydrogen) atoms. The van der Waals surface area contributed by atoms with Gasteiger partial charge in [0.05, 0.1) is 5.92 Å². The second kappa shape index (κ2) is 10.9. The molecule has 0 unspecified atom stereocenters. The zero-order chi connectivity index (χ0) is 17.9. The fourth-order valence-electron chi connectivity index (χ4n) is 3.64. The summed E-state index contributed by atoms with van der Waals surface area (Å²) in [5.74, 6) is -0.130. The zero-order valence-corrected chi connectivity index (χ0v) is 15.1. The number of benzene rings is 1. The smallest absolute Gasteiger partial charge is 0.306 e. The van der Waals surface area contributed by atoms with Crippen molar-refractivity contribution in [3.8, 4) is 0 Å². The van der Waals surface area contributed by atoms with Crippen LogP contribution >= 0.6 is 0 Å². The quantitative estimate of drug-likeness (QED) is 0.842. The molecule has 2 aliphatic carbocycles. The summed E-state index contributed by atoms with van der Waals surface area (Å²) in [4.78, 5) is 22.2. The lowest BCUT2D eigenvalue weighted by Crippen LogP contribution is -2.31. The molecule has 2 aliphatic rings. The minimum absolute atomic E-state index is 0.0289. The molecule has 0 aliphatic heterocycles. The Balaban J connectivity index is 0.000000212. The van der Waals surface area contributed by atoms with Gasteiger partial charge in [-0.15, -0.1) is 0 Å². The minimum atomic E-state index is -0.602. The van der Waals surface area contributed by atoms with E-state index in [0.717, 1.165) is 38.5 Å². The molecule has 4 heteroatoms. The highest BCUT2D eigenvalue weighted by Crippen LogP contribution is 2.24. The van der Waals surface area contributed by atoms with Crippen molar-refractivity contribution in [1.82, 2.24) is 5.32 Å². The number of amides is 1. The van der Waals surface area contributed by atoms with Crippen LogP contribution in [-0.4, -0.2) is 17.0 Å². The molecule has 138 valence electrons. The van der Waals surface area contributed by atoms with Gasteiger partial charge >= 0.3 is 5.97 Å². The molecule has 1 aromatic carbocycles. The van der Waals surface area contributed by atoms with E-state index in [-0.39, 0.29) is 17.7 Å². The maximum atomic E-state index is 11.9. The van der Waals surface area contributed by atoms with Crippen LogP contribution in [0.2, 0.25) is 0 Å². The van der Waals surface area contributed by atoms with Crippen molar-refractivity contribution in [2.24, 2.45) is 11.8 Å². The molecule has 0 radical (unpaired) electrons. The van der Waals surface area contributed by atoms with Gasteiger partial charge in [0.2, 0.25) is 5.91 Å². The Morgan fingerprint density at radius 3 is 1.84 bits per heavy atom. The van der Waals surface area contributed by atoms with Gasteiger partial charge in [0.1, 0.15) is 0 Å². The predicted octanol–water partition coefficient (Wildman–Crippen LogP) is 4.53. The third kappa shape index (κ3) is 7.29. The standard InChI is InChI=1S/C14H19NO.C7H12O2/c16-14(13-9-5-2-6-10-13)15-11-12-7-3-1-4-8-12;8-7(9)6-4-2-1-3-5-6/h1,3-4,7-8,13H,2,5-6,9-11H2,(H,15,16);6H,1-5H2,(H,8,9). The van der Waals surface area contributed by atoms with E-state index in [4.69, 9.17) is 5.11 Å². The summed E-state index contributed by atoms with van der Waals surface area (Å²) in [6.45, 7) is 0.663. The van der Waals surface area contributed by atoms with Gasteiger partial charge in [-0.05, 0) is 31.2 Å². The first-order valence-electron chi connectivity index (χ1n) is 9.71.